The van der Waals surface area contributed by atoms with E-state index in [1.807, 2.05) is 17.5 Å². The molecule has 2 aromatic rings. The molecule has 0 radical (unpaired) electrons. The van der Waals surface area contributed by atoms with E-state index in [1.54, 1.807) is 11.2 Å². The summed E-state index contributed by atoms with van der Waals surface area (Å²) < 4.78 is 0. The van der Waals surface area contributed by atoms with Gasteiger partial charge in [0.15, 0.2) is 0 Å². The maximum absolute atomic E-state index is 4.32. The van der Waals surface area contributed by atoms with Crippen LogP contribution in [-0.2, 0) is 12.8 Å². The highest BCUT2D eigenvalue weighted by atomic mass is 32.1. The summed E-state index contributed by atoms with van der Waals surface area (Å²) in [5.41, 5.74) is 1.52. The molecular formula is C11H12N2S. The third-order valence-corrected chi connectivity index (χ3v) is 4.19. The Hall–Kier alpha value is -0.960. The highest BCUT2D eigenvalue weighted by Crippen LogP contribution is 2.36. The maximum Gasteiger partial charge on any atom is 0.127 e. The molecule has 2 heterocycles. The topological polar surface area (TPSA) is 25.8 Å². The first-order valence-electron chi connectivity index (χ1n) is 5.05. The molecule has 3 rings (SSSR count). The average molecular weight is 204 g/mol. The van der Waals surface area contributed by atoms with E-state index < -0.39 is 0 Å². The second-order valence-electron chi connectivity index (χ2n) is 4.09. The first-order chi connectivity index (χ1) is 6.84. The Morgan fingerprint density at radius 3 is 3.36 bits per heavy atom. The summed E-state index contributed by atoms with van der Waals surface area (Å²) >= 11 is 1.85. The van der Waals surface area contributed by atoms with Crippen molar-refractivity contribution < 1.29 is 0 Å². The van der Waals surface area contributed by atoms with E-state index in [0.717, 1.165) is 5.92 Å². The monoisotopic (exact) mass is 204 g/mol. The van der Waals surface area contributed by atoms with Crippen molar-refractivity contribution in [2.75, 3.05) is 0 Å². The minimum absolute atomic E-state index is 0.820. The van der Waals surface area contributed by atoms with E-state index in [2.05, 4.69) is 16.9 Å². The molecule has 3 heteroatoms. The van der Waals surface area contributed by atoms with Crippen LogP contribution in [0.3, 0.4) is 0 Å². The van der Waals surface area contributed by atoms with E-state index in [1.165, 1.54) is 35.0 Å². The van der Waals surface area contributed by atoms with E-state index in [-0.39, 0.29) is 0 Å². The highest BCUT2D eigenvalue weighted by molar-refractivity contribution is 7.18. The number of nitrogens with zero attached hydrogens (tertiary/aromatic N) is 2. The number of thiophene rings is 1. The third-order valence-electron chi connectivity index (χ3n) is 2.97. The number of fused-ring (bicyclic) bond motifs is 3. The van der Waals surface area contributed by atoms with Gasteiger partial charge in [-0.2, -0.15) is 0 Å². The molecule has 2 aromatic heterocycles. The van der Waals surface area contributed by atoms with Crippen LogP contribution in [0, 0.1) is 5.92 Å². The Labute approximate surface area is 87.0 Å². The molecule has 14 heavy (non-hydrogen) atoms. The van der Waals surface area contributed by atoms with Crippen molar-refractivity contribution in [1.29, 1.82) is 0 Å². The molecule has 0 amide bonds. The standard InChI is InChI=1S/C11H12N2S/c1-7-2-3-10-8(4-7)9-5-12-6-13-11(9)14-10/h5-7H,2-4H2,1H3. The average Bonchev–Trinajstić information content (AvgIpc) is 2.56. The van der Waals surface area contributed by atoms with Crippen LogP contribution in [-0.4, -0.2) is 9.97 Å². The lowest BCUT2D eigenvalue weighted by molar-refractivity contribution is 0.508. The van der Waals surface area contributed by atoms with Crippen LogP contribution in [0.25, 0.3) is 10.2 Å². The second-order valence-corrected chi connectivity index (χ2v) is 5.18. The lowest BCUT2D eigenvalue weighted by Crippen LogP contribution is -2.08. The molecule has 0 saturated carbocycles. The third kappa shape index (κ3) is 1.16. The largest absolute Gasteiger partial charge is 0.244 e. The fourth-order valence-corrected chi connectivity index (χ4v) is 3.34. The molecule has 1 aliphatic carbocycles. The minimum Gasteiger partial charge on any atom is -0.244 e. The van der Waals surface area contributed by atoms with Gasteiger partial charge in [-0.05, 0) is 30.7 Å². The molecule has 2 nitrogen and oxygen atoms in total. The second kappa shape index (κ2) is 3.02. The Bertz CT molecular complexity index is 475. The van der Waals surface area contributed by atoms with Crippen LogP contribution in [0.15, 0.2) is 12.5 Å². The van der Waals surface area contributed by atoms with Gasteiger partial charge in [-0.1, -0.05) is 6.92 Å². The van der Waals surface area contributed by atoms with Gasteiger partial charge < -0.3 is 0 Å². The van der Waals surface area contributed by atoms with Crippen molar-refractivity contribution >= 4 is 21.6 Å². The summed E-state index contributed by atoms with van der Waals surface area (Å²) in [6, 6.07) is 0. The maximum atomic E-state index is 4.32. The fraction of sp³-hybridized carbons (Fsp3) is 0.455. The zero-order chi connectivity index (χ0) is 9.54. The van der Waals surface area contributed by atoms with Gasteiger partial charge in [-0.25, -0.2) is 9.97 Å². The Morgan fingerprint density at radius 2 is 2.43 bits per heavy atom. The Balaban J connectivity index is 2.25. The predicted octanol–water partition coefficient (Wildman–Crippen LogP) is 2.82. The smallest absolute Gasteiger partial charge is 0.127 e. The fourth-order valence-electron chi connectivity index (χ4n) is 2.19. The lowest BCUT2D eigenvalue weighted by atomic mass is 9.89. The van der Waals surface area contributed by atoms with E-state index in [4.69, 9.17) is 0 Å². The molecule has 0 spiro atoms. The van der Waals surface area contributed by atoms with Crippen molar-refractivity contribution in [3.63, 3.8) is 0 Å². The van der Waals surface area contributed by atoms with Crippen molar-refractivity contribution in [2.45, 2.75) is 26.2 Å². The number of aromatic nitrogens is 2. The van der Waals surface area contributed by atoms with Gasteiger partial charge >= 0.3 is 0 Å². The van der Waals surface area contributed by atoms with E-state index in [0.29, 0.717) is 0 Å². The molecule has 72 valence electrons. The summed E-state index contributed by atoms with van der Waals surface area (Å²) in [6.45, 7) is 2.33. The van der Waals surface area contributed by atoms with Crippen LogP contribution in [0.5, 0.6) is 0 Å². The van der Waals surface area contributed by atoms with Crippen molar-refractivity contribution in [1.82, 2.24) is 9.97 Å². The number of rotatable bonds is 0. The Morgan fingerprint density at radius 1 is 1.50 bits per heavy atom. The lowest BCUT2D eigenvalue weighted by Gasteiger charge is -2.17. The van der Waals surface area contributed by atoms with Gasteiger partial charge in [0.05, 0.1) is 0 Å². The van der Waals surface area contributed by atoms with Gasteiger partial charge in [-0.15, -0.1) is 11.3 Å². The molecule has 1 atom stereocenters. The zero-order valence-electron chi connectivity index (χ0n) is 8.16. The molecule has 0 bridgehead atoms. The van der Waals surface area contributed by atoms with E-state index in [9.17, 15) is 0 Å². The summed E-state index contributed by atoms with van der Waals surface area (Å²) in [6.07, 6.45) is 7.39. The van der Waals surface area contributed by atoms with Crippen LogP contribution < -0.4 is 0 Å². The molecule has 0 fully saturated rings. The van der Waals surface area contributed by atoms with Gasteiger partial charge in [0.2, 0.25) is 0 Å². The van der Waals surface area contributed by atoms with Gasteiger partial charge in [0.1, 0.15) is 11.2 Å². The minimum atomic E-state index is 0.820. The summed E-state index contributed by atoms with van der Waals surface area (Å²) in [4.78, 5) is 11.1. The number of aryl methyl sites for hydroxylation is 1. The number of hydrogen-bond acceptors (Lipinski definition) is 3. The SMILES string of the molecule is CC1CCc2sc3ncncc3c2C1. The number of hydrogen-bond donors (Lipinski definition) is 0. The van der Waals surface area contributed by atoms with Crippen LogP contribution >= 0.6 is 11.3 Å². The van der Waals surface area contributed by atoms with Crippen molar-refractivity contribution in [3.05, 3.63) is 23.0 Å². The van der Waals surface area contributed by atoms with Gasteiger partial charge in [-0.3, -0.25) is 0 Å². The quantitative estimate of drug-likeness (QED) is 0.659. The van der Waals surface area contributed by atoms with Crippen molar-refractivity contribution in [2.24, 2.45) is 5.92 Å². The molecule has 0 saturated heterocycles. The van der Waals surface area contributed by atoms with E-state index >= 15 is 0 Å². The predicted molar refractivity (Wildman–Crippen MR) is 58.6 cm³/mol. The zero-order valence-corrected chi connectivity index (χ0v) is 8.97. The summed E-state index contributed by atoms with van der Waals surface area (Å²) in [5.74, 6) is 0.820. The summed E-state index contributed by atoms with van der Waals surface area (Å²) in [7, 11) is 0. The highest BCUT2D eigenvalue weighted by Gasteiger charge is 2.20. The normalized spacial score (nSPS) is 21.1. The van der Waals surface area contributed by atoms with Crippen LogP contribution in [0.4, 0.5) is 0 Å². The molecule has 0 aromatic carbocycles. The molecular weight excluding hydrogens is 192 g/mol. The first kappa shape index (κ1) is 8.36. The van der Waals surface area contributed by atoms with Gasteiger partial charge in [0.25, 0.3) is 0 Å². The molecule has 1 unspecified atom stereocenters. The molecule has 1 aliphatic rings. The molecule has 0 aliphatic heterocycles. The van der Waals surface area contributed by atoms with Gasteiger partial charge in [0, 0.05) is 16.5 Å². The summed E-state index contributed by atoms with van der Waals surface area (Å²) in [5, 5.41) is 1.29. The van der Waals surface area contributed by atoms with Crippen LogP contribution in [0.2, 0.25) is 0 Å². The first-order valence-corrected chi connectivity index (χ1v) is 5.86. The van der Waals surface area contributed by atoms with Crippen LogP contribution in [0.1, 0.15) is 23.8 Å². The molecule has 0 N–H and O–H groups in total. The Kier molecular flexibility index (Phi) is 1.80. The van der Waals surface area contributed by atoms with Crippen molar-refractivity contribution in [3.8, 4) is 0 Å².